The quantitative estimate of drug-likeness (QED) is 0.853. The van der Waals surface area contributed by atoms with Crippen molar-refractivity contribution in [3.63, 3.8) is 0 Å². The minimum Gasteiger partial charge on any atom is -0.365 e. The fourth-order valence-corrected chi connectivity index (χ4v) is 3.70. The van der Waals surface area contributed by atoms with Gasteiger partial charge >= 0.3 is 0 Å². The fourth-order valence-electron chi connectivity index (χ4n) is 3.70. The van der Waals surface area contributed by atoms with Gasteiger partial charge in [-0.1, -0.05) is 30.3 Å². The second-order valence-electron chi connectivity index (χ2n) is 6.82. The molecule has 1 heterocycles. The van der Waals surface area contributed by atoms with E-state index in [2.05, 4.69) is 54.0 Å². The maximum Gasteiger partial charge on any atom is 0.242 e. The lowest BCUT2D eigenvalue weighted by Gasteiger charge is -2.40. The Bertz CT molecular complexity index is 687. The van der Waals surface area contributed by atoms with E-state index in [0.717, 1.165) is 18.5 Å². The average Bonchev–Trinajstić information content (AvgIpc) is 2.54. The van der Waals surface area contributed by atoms with Crippen molar-refractivity contribution < 1.29 is 4.79 Å². The van der Waals surface area contributed by atoms with Crippen LogP contribution in [-0.2, 0) is 4.79 Å². The van der Waals surface area contributed by atoms with Gasteiger partial charge in [0.1, 0.15) is 0 Å². The summed E-state index contributed by atoms with van der Waals surface area (Å²) in [4.78, 5) is 16.9. The van der Waals surface area contributed by atoms with Crippen LogP contribution in [0, 0.1) is 0 Å². The van der Waals surface area contributed by atoms with Gasteiger partial charge in [-0.25, -0.2) is 0 Å². The van der Waals surface area contributed by atoms with E-state index < -0.39 is 0 Å². The van der Waals surface area contributed by atoms with E-state index in [1.807, 2.05) is 19.2 Å². The molecule has 1 saturated heterocycles. The number of rotatable bonds is 3. The standard InChI is InChI=1S/C20H26N2O/c1-15-7-6-8-16(2)22(15)20(23)14-21(3)19-12-11-17-9-4-5-10-18(17)13-19/h4-5,9-13,15-16H,6-8,14H2,1-3H3/t15-,16-/m0/s1. The molecule has 3 heteroatoms. The number of hydrogen-bond acceptors (Lipinski definition) is 2. The summed E-state index contributed by atoms with van der Waals surface area (Å²) in [6, 6.07) is 15.4. The van der Waals surface area contributed by atoms with Crippen molar-refractivity contribution >= 4 is 22.4 Å². The molecule has 0 saturated carbocycles. The number of anilines is 1. The molecule has 0 radical (unpaired) electrons. The Morgan fingerprint density at radius 3 is 2.43 bits per heavy atom. The van der Waals surface area contributed by atoms with Crippen LogP contribution in [0.1, 0.15) is 33.1 Å². The molecule has 0 aliphatic carbocycles. The van der Waals surface area contributed by atoms with E-state index in [-0.39, 0.29) is 5.91 Å². The van der Waals surface area contributed by atoms with Gasteiger partial charge in [0.05, 0.1) is 6.54 Å². The Morgan fingerprint density at radius 1 is 1.09 bits per heavy atom. The van der Waals surface area contributed by atoms with Crippen molar-refractivity contribution in [3.05, 3.63) is 42.5 Å². The fraction of sp³-hybridized carbons (Fsp3) is 0.450. The van der Waals surface area contributed by atoms with Crippen LogP contribution in [0.3, 0.4) is 0 Å². The molecular formula is C20H26N2O. The summed E-state index contributed by atoms with van der Waals surface area (Å²) in [5.74, 6) is 0.236. The van der Waals surface area contributed by atoms with Gasteiger partial charge in [0.15, 0.2) is 0 Å². The number of benzene rings is 2. The van der Waals surface area contributed by atoms with Crippen LogP contribution in [-0.4, -0.2) is 36.5 Å². The zero-order valence-corrected chi connectivity index (χ0v) is 14.3. The van der Waals surface area contributed by atoms with Crippen molar-refractivity contribution in [2.75, 3.05) is 18.5 Å². The SMILES string of the molecule is C[C@H]1CCC[C@H](C)N1C(=O)CN(C)c1ccc2ccccc2c1. The van der Waals surface area contributed by atoms with Crippen molar-refractivity contribution in [2.24, 2.45) is 0 Å². The monoisotopic (exact) mass is 310 g/mol. The Balaban J connectivity index is 1.74. The summed E-state index contributed by atoms with van der Waals surface area (Å²) in [6.45, 7) is 4.78. The Hall–Kier alpha value is -2.03. The van der Waals surface area contributed by atoms with Crippen molar-refractivity contribution in [2.45, 2.75) is 45.2 Å². The maximum absolute atomic E-state index is 12.8. The molecule has 1 aliphatic rings. The van der Waals surface area contributed by atoms with Crippen LogP contribution >= 0.6 is 0 Å². The van der Waals surface area contributed by atoms with Crippen LogP contribution in [0.5, 0.6) is 0 Å². The molecule has 0 aromatic heterocycles. The summed E-state index contributed by atoms with van der Waals surface area (Å²) in [6.07, 6.45) is 3.47. The van der Waals surface area contributed by atoms with E-state index in [1.54, 1.807) is 0 Å². The second kappa shape index (κ2) is 6.61. The molecule has 0 N–H and O–H groups in total. The molecule has 1 aliphatic heterocycles. The number of carbonyl (C=O) groups excluding carboxylic acids is 1. The third-order valence-electron chi connectivity index (χ3n) is 5.03. The van der Waals surface area contributed by atoms with E-state index in [9.17, 15) is 4.79 Å². The first kappa shape index (κ1) is 15.9. The van der Waals surface area contributed by atoms with Gasteiger partial charge in [-0.15, -0.1) is 0 Å². The first-order valence-electron chi connectivity index (χ1n) is 8.57. The lowest BCUT2D eigenvalue weighted by molar-refractivity contribution is -0.135. The molecule has 3 rings (SSSR count). The van der Waals surface area contributed by atoms with Crippen LogP contribution in [0.15, 0.2) is 42.5 Å². The molecule has 2 aromatic rings. The topological polar surface area (TPSA) is 23.6 Å². The van der Waals surface area contributed by atoms with Crippen LogP contribution in [0.25, 0.3) is 10.8 Å². The third-order valence-corrected chi connectivity index (χ3v) is 5.03. The maximum atomic E-state index is 12.8. The third kappa shape index (κ3) is 3.34. The number of carbonyl (C=O) groups is 1. The molecule has 2 atom stereocenters. The van der Waals surface area contributed by atoms with E-state index >= 15 is 0 Å². The summed E-state index contributed by atoms with van der Waals surface area (Å²) < 4.78 is 0. The highest BCUT2D eigenvalue weighted by atomic mass is 16.2. The van der Waals surface area contributed by atoms with Crippen molar-refractivity contribution in [1.82, 2.24) is 4.90 Å². The van der Waals surface area contributed by atoms with Crippen molar-refractivity contribution in [3.8, 4) is 0 Å². The summed E-state index contributed by atoms with van der Waals surface area (Å²) in [5.41, 5.74) is 1.09. The number of fused-ring (bicyclic) bond motifs is 1. The Kier molecular flexibility index (Phi) is 4.56. The van der Waals surface area contributed by atoms with Crippen molar-refractivity contribution in [1.29, 1.82) is 0 Å². The number of hydrogen-bond donors (Lipinski definition) is 0. The lowest BCUT2D eigenvalue weighted by Crippen LogP contribution is -2.50. The summed E-state index contributed by atoms with van der Waals surface area (Å²) in [5, 5.41) is 2.44. The lowest BCUT2D eigenvalue weighted by atomic mass is 9.97. The van der Waals surface area contributed by atoms with E-state index in [4.69, 9.17) is 0 Å². The number of amides is 1. The molecule has 3 nitrogen and oxygen atoms in total. The van der Waals surface area contributed by atoms with Gasteiger partial charge < -0.3 is 9.80 Å². The zero-order valence-electron chi connectivity index (χ0n) is 14.3. The van der Waals surface area contributed by atoms with Gasteiger partial charge in [0, 0.05) is 24.8 Å². The minimum absolute atomic E-state index is 0.236. The molecule has 0 unspecified atom stereocenters. The van der Waals surface area contributed by atoms with Gasteiger partial charge in [0.2, 0.25) is 5.91 Å². The van der Waals surface area contributed by atoms with E-state index in [0.29, 0.717) is 18.6 Å². The molecular weight excluding hydrogens is 284 g/mol. The van der Waals surface area contributed by atoms with Gasteiger partial charge in [-0.3, -0.25) is 4.79 Å². The molecule has 2 aromatic carbocycles. The Labute approximate surface area is 138 Å². The first-order valence-corrected chi connectivity index (χ1v) is 8.57. The predicted molar refractivity (Wildman–Crippen MR) is 96.8 cm³/mol. The predicted octanol–water partition coefficient (Wildman–Crippen LogP) is 4.07. The molecule has 0 bridgehead atoms. The number of nitrogens with zero attached hydrogens (tertiary/aromatic N) is 2. The highest BCUT2D eigenvalue weighted by Crippen LogP contribution is 2.24. The smallest absolute Gasteiger partial charge is 0.242 e. The summed E-state index contributed by atoms with van der Waals surface area (Å²) in [7, 11) is 2.00. The van der Waals surface area contributed by atoms with Crippen LogP contribution in [0.4, 0.5) is 5.69 Å². The number of likely N-dealkylation sites (tertiary alicyclic amines) is 1. The molecule has 23 heavy (non-hydrogen) atoms. The normalized spacial score (nSPS) is 21.4. The molecule has 0 spiro atoms. The second-order valence-corrected chi connectivity index (χ2v) is 6.82. The van der Waals surface area contributed by atoms with Gasteiger partial charge in [-0.05, 0) is 56.0 Å². The number of piperidine rings is 1. The molecule has 1 fully saturated rings. The van der Waals surface area contributed by atoms with Gasteiger partial charge in [-0.2, -0.15) is 0 Å². The van der Waals surface area contributed by atoms with E-state index in [1.165, 1.54) is 17.2 Å². The summed E-state index contributed by atoms with van der Waals surface area (Å²) >= 11 is 0. The average molecular weight is 310 g/mol. The first-order chi connectivity index (χ1) is 11.1. The zero-order chi connectivity index (χ0) is 16.4. The Morgan fingerprint density at radius 2 is 1.74 bits per heavy atom. The molecule has 1 amide bonds. The largest absolute Gasteiger partial charge is 0.365 e. The van der Waals surface area contributed by atoms with Crippen LogP contribution < -0.4 is 4.90 Å². The minimum atomic E-state index is 0.236. The highest BCUT2D eigenvalue weighted by Gasteiger charge is 2.29. The molecule has 122 valence electrons. The highest BCUT2D eigenvalue weighted by molar-refractivity contribution is 5.87. The van der Waals surface area contributed by atoms with Crippen LogP contribution in [0.2, 0.25) is 0 Å². The number of likely N-dealkylation sites (N-methyl/N-ethyl adjacent to an activating group) is 1. The van der Waals surface area contributed by atoms with Gasteiger partial charge in [0.25, 0.3) is 0 Å².